The maximum atomic E-state index is 12.9. The lowest BCUT2D eigenvalue weighted by atomic mass is 9.96. The molecule has 0 saturated heterocycles. The lowest BCUT2D eigenvalue weighted by molar-refractivity contribution is -0.144. The molecule has 3 amide bonds. The first-order valence-corrected chi connectivity index (χ1v) is 11.1. The first-order valence-electron chi connectivity index (χ1n) is 11.1. The van der Waals surface area contributed by atoms with Crippen LogP contribution in [0.4, 0.5) is 0 Å². The number of hydrogen-bond acceptors (Lipinski definition) is 8. The fraction of sp³-hybridized carbons (Fsp3) is 0.619. The average molecular weight is 499 g/mol. The second-order valence-corrected chi connectivity index (χ2v) is 8.32. The summed E-state index contributed by atoms with van der Waals surface area (Å²) in [4.78, 5) is 67.1. The molecule has 0 aliphatic rings. The molecule has 0 fully saturated rings. The van der Waals surface area contributed by atoms with Gasteiger partial charge in [0.25, 0.3) is 0 Å². The van der Waals surface area contributed by atoms with Crippen LogP contribution < -0.4 is 21.7 Å². The van der Waals surface area contributed by atoms with Crippen molar-refractivity contribution in [3.63, 3.8) is 0 Å². The third-order valence-corrected chi connectivity index (χ3v) is 5.45. The number of nitrogens with two attached hydrogens (primary N) is 1. The predicted molar refractivity (Wildman–Crippen MR) is 122 cm³/mol. The van der Waals surface area contributed by atoms with Crippen LogP contribution in [-0.4, -0.2) is 85.2 Å². The highest BCUT2D eigenvalue weighted by atomic mass is 16.4. The number of carbonyl (C=O) groups is 5. The number of aliphatic carboxylic acids is 2. The summed E-state index contributed by atoms with van der Waals surface area (Å²) in [6.45, 7) is 4.67. The Labute approximate surface area is 202 Å². The second-order valence-electron chi connectivity index (χ2n) is 8.32. The number of carboxylic acids is 2. The Morgan fingerprint density at radius 3 is 2.11 bits per heavy atom. The zero-order valence-electron chi connectivity index (χ0n) is 19.9. The Hall–Kier alpha value is -3.52. The number of rotatable bonds is 15. The second kappa shape index (κ2) is 14.0. The van der Waals surface area contributed by atoms with Gasteiger partial charge in [0.15, 0.2) is 0 Å². The summed E-state index contributed by atoms with van der Waals surface area (Å²) in [6, 6.07) is -5.19. The number of carbonyl (C=O) groups excluding carboxylic acids is 3. The predicted octanol–water partition coefficient (Wildman–Crippen LogP) is -1.89. The van der Waals surface area contributed by atoms with Gasteiger partial charge in [-0.2, -0.15) is 0 Å². The molecule has 1 aromatic rings. The molecule has 0 aliphatic carbocycles. The first-order chi connectivity index (χ1) is 16.4. The van der Waals surface area contributed by atoms with Crippen LogP contribution >= 0.6 is 0 Å². The van der Waals surface area contributed by atoms with Gasteiger partial charge in [0.2, 0.25) is 17.7 Å². The molecule has 0 radical (unpaired) electrons. The largest absolute Gasteiger partial charge is 0.481 e. The maximum Gasteiger partial charge on any atom is 0.326 e. The zero-order chi connectivity index (χ0) is 26.7. The molecule has 1 heterocycles. The number of aromatic amines is 1. The number of aliphatic hydroxyl groups is 1. The van der Waals surface area contributed by atoms with E-state index in [0.717, 1.165) is 0 Å². The molecule has 196 valence electrons. The molecule has 1 aromatic heterocycles. The molecule has 0 aromatic carbocycles. The van der Waals surface area contributed by atoms with Crippen LogP contribution in [0.1, 0.15) is 45.7 Å². The molecule has 0 aliphatic heterocycles. The van der Waals surface area contributed by atoms with Crippen molar-refractivity contribution >= 4 is 29.7 Å². The third kappa shape index (κ3) is 9.70. The number of nitrogens with one attached hydrogen (secondary N) is 4. The van der Waals surface area contributed by atoms with E-state index >= 15 is 0 Å². The van der Waals surface area contributed by atoms with Gasteiger partial charge in [-0.1, -0.05) is 20.3 Å². The number of nitrogens with zero attached hydrogens (tertiary/aromatic N) is 1. The Morgan fingerprint density at radius 2 is 1.63 bits per heavy atom. The molecule has 14 heteroatoms. The molecular weight excluding hydrogens is 464 g/mol. The van der Waals surface area contributed by atoms with Gasteiger partial charge in [0, 0.05) is 24.7 Å². The van der Waals surface area contributed by atoms with Crippen LogP contribution in [0.5, 0.6) is 0 Å². The minimum atomic E-state index is -1.48. The van der Waals surface area contributed by atoms with E-state index in [-0.39, 0.29) is 12.8 Å². The summed E-state index contributed by atoms with van der Waals surface area (Å²) in [5.74, 6) is -5.53. The summed E-state index contributed by atoms with van der Waals surface area (Å²) in [5.41, 5.74) is 6.47. The standard InChI is InChI=1S/C21H34N6O8/c1-4-10(2)16(19(32)25-14(21(34)35)5-6-15(29)30)26-20(33)17(11(3)28)27-18(31)13(22)7-12-8-23-9-24-12/h8-11,13-14,16-17,28H,4-7,22H2,1-3H3,(H,23,24)(H,25,32)(H,26,33)(H,27,31)(H,29,30)(H,34,35). The molecular formula is C21H34N6O8. The van der Waals surface area contributed by atoms with Crippen molar-refractivity contribution in [2.24, 2.45) is 11.7 Å². The van der Waals surface area contributed by atoms with Crippen molar-refractivity contribution in [3.8, 4) is 0 Å². The normalized spacial score (nSPS) is 16.1. The summed E-state index contributed by atoms with van der Waals surface area (Å²) >= 11 is 0. The van der Waals surface area contributed by atoms with Gasteiger partial charge in [-0.15, -0.1) is 0 Å². The van der Waals surface area contributed by atoms with Crippen LogP contribution in [0, 0.1) is 5.92 Å². The summed E-state index contributed by atoms with van der Waals surface area (Å²) in [7, 11) is 0. The lowest BCUT2D eigenvalue weighted by Gasteiger charge is -2.29. The molecule has 6 unspecified atom stereocenters. The van der Waals surface area contributed by atoms with Crippen molar-refractivity contribution in [2.75, 3.05) is 0 Å². The van der Waals surface area contributed by atoms with Crippen molar-refractivity contribution in [3.05, 3.63) is 18.2 Å². The minimum absolute atomic E-state index is 0.102. The Morgan fingerprint density at radius 1 is 1.03 bits per heavy atom. The van der Waals surface area contributed by atoms with Crippen LogP contribution in [-0.2, 0) is 30.4 Å². The number of amides is 3. The van der Waals surface area contributed by atoms with E-state index in [1.165, 1.54) is 19.4 Å². The maximum absolute atomic E-state index is 12.9. The van der Waals surface area contributed by atoms with E-state index in [4.69, 9.17) is 10.8 Å². The highest BCUT2D eigenvalue weighted by Gasteiger charge is 2.34. The van der Waals surface area contributed by atoms with Crippen molar-refractivity contribution in [1.29, 1.82) is 0 Å². The molecule has 0 bridgehead atoms. The molecule has 1 rings (SSSR count). The number of carboxylic acid groups (broad SMARTS) is 2. The summed E-state index contributed by atoms with van der Waals surface area (Å²) in [6.07, 6.45) is 1.26. The Bertz CT molecular complexity index is 875. The van der Waals surface area contributed by atoms with Gasteiger partial charge in [-0.05, 0) is 19.3 Å². The summed E-state index contributed by atoms with van der Waals surface area (Å²) < 4.78 is 0. The van der Waals surface area contributed by atoms with Crippen LogP contribution in [0.2, 0.25) is 0 Å². The number of H-pyrrole nitrogens is 1. The van der Waals surface area contributed by atoms with E-state index in [9.17, 15) is 34.2 Å². The van der Waals surface area contributed by atoms with Crippen LogP contribution in [0.3, 0.4) is 0 Å². The third-order valence-electron chi connectivity index (χ3n) is 5.45. The van der Waals surface area contributed by atoms with Gasteiger partial charge < -0.3 is 42.0 Å². The van der Waals surface area contributed by atoms with E-state index in [1.54, 1.807) is 13.8 Å². The number of hydrogen-bond donors (Lipinski definition) is 8. The van der Waals surface area contributed by atoms with Gasteiger partial charge in [0.05, 0.1) is 18.5 Å². The van der Waals surface area contributed by atoms with Crippen LogP contribution in [0.15, 0.2) is 12.5 Å². The SMILES string of the molecule is CCC(C)C(NC(=O)C(NC(=O)C(N)Cc1cnc[nH]1)C(C)O)C(=O)NC(CCC(=O)O)C(=O)O. The fourth-order valence-electron chi connectivity index (χ4n) is 3.12. The number of aromatic nitrogens is 2. The van der Waals surface area contributed by atoms with Crippen molar-refractivity contribution < 1.29 is 39.3 Å². The Balaban J connectivity index is 2.92. The first kappa shape index (κ1) is 29.5. The van der Waals surface area contributed by atoms with Crippen molar-refractivity contribution in [2.45, 2.75) is 76.7 Å². The molecule has 0 saturated carbocycles. The quantitative estimate of drug-likeness (QED) is 0.134. The number of aliphatic hydroxyl groups excluding tert-OH is 1. The van der Waals surface area contributed by atoms with E-state index in [2.05, 4.69) is 25.9 Å². The van der Waals surface area contributed by atoms with Crippen LogP contribution in [0.25, 0.3) is 0 Å². The molecule has 14 nitrogen and oxygen atoms in total. The van der Waals surface area contributed by atoms with Gasteiger partial charge in [0.1, 0.15) is 18.1 Å². The lowest BCUT2D eigenvalue weighted by Crippen LogP contribution is -2.61. The van der Waals surface area contributed by atoms with E-state index in [1.807, 2.05) is 0 Å². The highest BCUT2D eigenvalue weighted by Crippen LogP contribution is 2.11. The van der Waals surface area contributed by atoms with Gasteiger partial charge in [-0.25, -0.2) is 9.78 Å². The highest BCUT2D eigenvalue weighted by molar-refractivity contribution is 5.94. The number of imidazole rings is 1. The fourth-order valence-corrected chi connectivity index (χ4v) is 3.12. The Kier molecular flexibility index (Phi) is 11.8. The smallest absolute Gasteiger partial charge is 0.326 e. The molecule has 0 spiro atoms. The summed E-state index contributed by atoms with van der Waals surface area (Å²) in [5, 5.41) is 35.3. The molecule has 6 atom stereocenters. The monoisotopic (exact) mass is 498 g/mol. The average Bonchev–Trinajstić information content (AvgIpc) is 3.29. The molecule has 9 N–H and O–H groups in total. The topological polar surface area (TPSA) is 237 Å². The van der Waals surface area contributed by atoms with Gasteiger partial charge >= 0.3 is 11.9 Å². The minimum Gasteiger partial charge on any atom is -0.481 e. The van der Waals surface area contributed by atoms with E-state index in [0.29, 0.717) is 12.1 Å². The van der Waals surface area contributed by atoms with E-state index < -0.39 is 72.3 Å². The van der Waals surface area contributed by atoms with Gasteiger partial charge in [-0.3, -0.25) is 19.2 Å². The zero-order valence-corrected chi connectivity index (χ0v) is 19.9. The molecule has 35 heavy (non-hydrogen) atoms. The van der Waals surface area contributed by atoms with Crippen molar-refractivity contribution in [1.82, 2.24) is 25.9 Å².